The number of hydrogen-bond donors (Lipinski definition) is 1. The van der Waals surface area contributed by atoms with E-state index in [9.17, 15) is 5.11 Å². The summed E-state index contributed by atoms with van der Waals surface area (Å²) in [5, 5.41) is 18.0. The van der Waals surface area contributed by atoms with E-state index in [1.54, 1.807) is 0 Å². The van der Waals surface area contributed by atoms with Crippen LogP contribution in [-0.2, 0) is 16.9 Å². The van der Waals surface area contributed by atoms with Gasteiger partial charge in [0, 0.05) is 5.54 Å². The minimum absolute atomic E-state index is 0.0871. The summed E-state index contributed by atoms with van der Waals surface area (Å²) in [5.41, 5.74) is -0.151. The van der Waals surface area contributed by atoms with E-state index in [1.807, 2.05) is 0 Å². The van der Waals surface area contributed by atoms with Gasteiger partial charge in [-0.25, -0.2) is 0 Å². The summed E-state index contributed by atoms with van der Waals surface area (Å²) in [6.07, 6.45) is 0.351. The molecular formula is C14H25N3O2. The van der Waals surface area contributed by atoms with Crippen LogP contribution in [0.3, 0.4) is 0 Å². The molecule has 0 aliphatic carbocycles. The Balaban J connectivity index is 2.49. The quantitative estimate of drug-likeness (QED) is 0.891. The van der Waals surface area contributed by atoms with Gasteiger partial charge in [-0.05, 0) is 40.5 Å². The van der Waals surface area contributed by atoms with Crippen LogP contribution in [0.4, 0.5) is 0 Å². The molecule has 0 amide bonds. The van der Waals surface area contributed by atoms with Gasteiger partial charge in [0.25, 0.3) is 0 Å². The molecule has 1 N–H and O–H groups in total. The highest BCUT2D eigenvalue weighted by atomic mass is 16.5. The van der Waals surface area contributed by atoms with Crippen molar-refractivity contribution < 1.29 is 9.84 Å². The summed E-state index contributed by atoms with van der Waals surface area (Å²) in [5.74, 6) is 2.18. The smallest absolute Gasteiger partial charge is 0.159 e. The fourth-order valence-corrected chi connectivity index (χ4v) is 3.09. The molecule has 19 heavy (non-hydrogen) atoms. The monoisotopic (exact) mass is 267 g/mol. The predicted octanol–water partition coefficient (Wildman–Crippen LogP) is 2.05. The summed E-state index contributed by atoms with van der Waals surface area (Å²) in [7, 11) is 0. The predicted molar refractivity (Wildman–Crippen MR) is 72.9 cm³/mol. The zero-order valence-electron chi connectivity index (χ0n) is 12.7. The average Bonchev–Trinajstić information content (AvgIpc) is 2.81. The van der Waals surface area contributed by atoms with Gasteiger partial charge < -0.3 is 14.4 Å². The van der Waals surface area contributed by atoms with Crippen LogP contribution in [-0.4, -0.2) is 32.1 Å². The van der Waals surface area contributed by atoms with Gasteiger partial charge in [0.1, 0.15) is 12.4 Å². The number of nitrogens with zero attached hydrogens (tertiary/aromatic N) is 3. The first-order valence-corrected chi connectivity index (χ1v) is 6.98. The van der Waals surface area contributed by atoms with E-state index in [2.05, 4.69) is 56.3 Å². The molecule has 0 radical (unpaired) electrons. The molecule has 0 aromatic carbocycles. The molecule has 5 nitrogen and oxygen atoms in total. The van der Waals surface area contributed by atoms with Crippen LogP contribution in [0, 0.1) is 5.92 Å². The van der Waals surface area contributed by atoms with Crippen molar-refractivity contribution in [2.45, 2.75) is 71.8 Å². The fraction of sp³-hybridized carbons (Fsp3) is 0.857. The number of aromatic nitrogens is 3. The average molecular weight is 267 g/mol. The third kappa shape index (κ3) is 2.41. The van der Waals surface area contributed by atoms with Gasteiger partial charge in [0.15, 0.2) is 5.82 Å². The van der Waals surface area contributed by atoms with Gasteiger partial charge in [0.05, 0.1) is 18.1 Å². The molecule has 1 aromatic rings. The molecule has 0 saturated carbocycles. The topological polar surface area (TPSA) is 60.2 Å². The lowest BCUT2D eigenvalue weighted by atomic mass is 9.88. The first-order valence-electron chi connectivity index (χ1n) is 6.98. The molecule has 1 aliphatic heterocycles. The van der Waals surface area contributed by atoms with Crippen LogP contribution in [0.1, 0.15) is 59.1 Å². The number of ether oxygens (including phenoxy) is 1. The van der Waals surface area contributed by atoms with Crippen LogP contribution in [0.2, 0.25) is 0 Å². The second-order valence-electron chi connectivity index (χ2n) is 6.57. The first kappa shape index (κ1) is 14.5. The van der Waals surface area contributed by atoms with E-state index in [4.69, 9.17) is 4.74 Å². The summed E-state index contributed by atoms with van der Waals surface area (Å²) < 4.78 is 7.97. The van der Waals surface area contributed by atoms with Crippen LogP contribution in [0.25, 0.3) is 0 Å². The summed E-state index contributed by atoms with van der Waals surface area (Å²) in [6, 6.07) is 0. The molecule has 0 bridgehead atoms. The molecule has 4 unspecified atom stereocenters. The Morgan fingerprint density at radius 2 is 1.79 bits per heavy atom. The van der Waals surface area contributed by atoms with Gasteiger partial charge in [-0.1, -0.05) is 6.92 Å². The molecule has 1 aromatic heterocycles. The molecule has 108 valence electrons. The zero-order valence-corrected chi connectivity index (χ0v) is 12.7. The minimum Gasteiger partial charge on any atom is -0.388 e. The van der Waals surface area contributed by atoms with Crippen molar-refractivity contribution in [1.82, 2.24) is 14.8 Å². The van der Waals surface area contributed by atoms with Crippen molar-refractivity contribution in [3.63, 3.8) is 0 Å². The van der Waals surface area contributed by atoms with Crippen molar-refractivity contribution in [2.75, 3.05) is 0 Å². The first-order chi connectivity index (χ1) is 8.77. The largest absolute Gasteiger partial charge is 0.388 e. The summed E-state index contributed by atoms with van der Waals surface area (Å²) in [6.45, 7) is 12.6. The second kappa shape index (κ2) is 4.87. The molecule has 2 rings (SSSR count). The lowest BCUT2D eigenvalue weighted by Crippen LogP contribution is -2.30. The normalized spacial score (nSPS) is 31.9. The molecule has 4 atom stereocenters. The van der Waals surface area contributed by atoms with Crippen LogP contribution < -0.4 is 0 Å². The highest BCUT2D eigenvalue weighted by Gasteiger charge is 2.42. The van der Waals surface area contributed by atoms with Gasteiger partial charge in [-0.2, -0.15) is 0 Å². The maximum Gasteiger partial charge on any atom is 0.159 e. The maximum atomic E-state index is 9.47. The van der Waals surface area contributed by atoms with Crippen molar-refractivity contribution in [3.05, 3.63) is 11.6 Å². The van der Waals surface area contributed by atoms with E-state index >= 15 is 0 Å². The fourth-order valence-electron chi connectivity index (χ4n) is 3.09. The summed E-state index contributed by atoms with van der Waals surface area (Å²) in [4.78, 5) is 0. The number of aliphatic hydroxyl groups is 1. The third-order valence-electron chi connectivity index (χ3n) is 4.11. The van der Waals surface area contributed by atoms with Crippen LogP contribution in [0.5, 0.6) is 0 Å². The minimum atomic E-state index is -0.151. The molecule has 2 heterocycles. The van der Waals surface area contributed by atoms with Crippen molar-refractivity contribution in [2.24, 2.45) is 5.92 Å². The van der Waals surface area contributed by atoms with Crippen molar-refractivity contribution in [3.8, 4) is 0 Å². The van der Waals surface area contributed by atoms with E-state index in [0.29, 0.717) is 11.7 Å². The van der Waals surface area contributed by atoms with Gasteiger partial charge >= 0.3 is 0 Å². The highest BCUT2D eigenvalue weighted by Crippen LogP contribution is 2.40. The Morgan fingerprint density at radius 3 is 2.21 bits per heavy atom. The number of hydrogen-bond acceptors (Lipinski definition) is 4. The second-order valence-corrected chi connectivity index (χ2v) is 6.57. The molecule has 1 aliphatic rings. The van der Waals surface area contributed by atoms with Gasteiger partial charge in [-0.15, -0.1) is 10.2 Å². The standard InChI is InChI=1S/C14H25N3O2/c1-8-9(2)19-10(3)12(8)13-16-15-11(7-18)17(13)14(4,5)6/h8-10,12,18H,7H2,1-6H3. The SMILES string of the molecule is CC1OC(C)C(c2nnc(CO)n2C(C)(C)C)C1C. The van der Waals surface area contributed by atoms with Gasteiger partial charge in [-0.3, -0.25) is 0 Å². The molecule has 0 spiro atoms. The lowest BCUT2D eigenvalue weighted by Gasteiger charge is -2.28. The van der Waals surface area contributed by atoms with E-state index < -0.39 is 0 Å². The van der Waals surface area contributed by atoms with E-state index in [0.717, 1.165) is 5.82 Å². The van der Waals surface area contributed by atoms with Crippen LogP contribution in [0.15, 0.2) is 0 Å². The van der Waals surface area contributed by atoms with E-state index in [1.165, 1.54) is 0 Å². The van der Waals surface area contributed by atoms with Crippen molar-refractivity contribution >= 4 is 0 Å². The Hall–Kier alpha value is -0.940. The Morgan fingerprint density at radius 1 is 1.16 bits per heavy atom. The molecular weight excluding hydrogens is 242 g/mol. The molecule has 1 saturated heterocycles. The van der Waals surface area contributed by atoms with E-state index in [-0.39, 0.29) is 30.3 Å². The van der Waals surface area contributed by atoms with Gasteiger partial charge in [0.2, 0.25) is 0 Å². The zero-order chi connectivity index (χ0) is 14.4. The Bertz CT molecular complexity index is 450. The highest BCUT2D eigenvalue weighted by molar-refractivity contribution is 5.11. The molecule has 1 fully saturated rings. The number of rotatable bonds is 2. The maximum absolute atomic E-state index is 9.47. The third-order valence-corrected chi connectivity index (χ3v) is 4.11. The van der Waals surface area contributed by atoms with Crippen LogP contribution >= 0.6 is 0 Å². The lowest BCUT2D eigenvalue weighted by molar-refractivity contribution is 0.0549. The summed E-state index contributed by atoms with van der Waals surface area (Å²) >= 11 is 0. The van der Waals surface area contributed by atoms with Crippen molar-refractivity contribution in [1.29, 1.82) is 0 Å². The molecule has 5 heteroatoms. The Kier molecular flexibility index (Phi) is 3.71. The number of aliphatic hydroxyl groups excluding tert-OH is 1. The Labute approximate surface area is 115 Å².